The molecular formula is C12H18N3+. The molecule has 3 heteroatoms. The molecule has 2 heterocycles. The second-order valence-electron chi connectivity index (χ2n) is 4.75. The average Bonchev–Trinajstić information content (AvgIpc) is 2.90. The van der Waals surface area contributed by atoms with E-state index < -0.39 is 0 Å². The van der Waals surface area contributed by atoms with Gasteiger partial charge in [-0.05, 0) is 25.2 Å². The van der Waals surface area contributed by atoms with Crippen LogP contribution >= 0.6 is 0 Å². The maximum atomic E-state index is 6.05. The van der Waals surface area contributed by atoms with Gasteiger partial charge in [-0.25, -0.2) is 4.57 Å². The lowest BCUT2D eigenvalue weighted by molar-refractivity contribution is -0.685. The van der Waals surface area contributed by atoms with Crippen LogP contribution in [-0.2, 0) is 6.54 Å². The number of hydrogen-bond donors (Lipinski definition) is 1. The van der Waals surface area contributed by atoms with Crippen LogP contribution in [0.2, 0.25) is 0 Å². The van der Waals surface area contributed by atoms with Gasteiger partial charge in [0.05, 0.1) is 18.8 Å². The smallest absolute Gasteiger partial charge is 0.274 e. The van der Waals surface area contributed by atoms with Gasteiger partial charge in [-0.1, -0.05) is 0 Å². The van der Waals surface area contributed by atoms with Gasteiger partial charge in [0.15, 0.2) is 0 Å². The van der Waals surface area contributed by atoms with E-state index in [0.29, 0.717) is 0 Å². The standard InChI is InChI=1S/C12H17N3/c13-12-8-11(14-5-1-6-14)4-7-15(12)9-10-2-3-10/h4,7-8,10,13H,1-3,5-6,9H2/p+1. The molecular weight excluding hydrogens is 186 g/mol. The number of hydrogen-bond acceptors (Lipinski definition) is 2. The fraction of sp³-hybridized carbons (Fsp3) is 0.583. The van der Waals surface area contributed by atoms with Crippen molar-refractivity contribution in [2.45, 2.75) is 25.8 Å². The highest BCUT2D eigenvalue weighted by Gasteiger charge is 2.25. The number of nitrogen functional groups attached to an aromatic ring is 1. The van der Waals surface area contributed by atoms with E-state index in [1.165, 1.54) is 38.0 Å². The minimum absolute atomic E-state index is 0.882. The third-order valence-electron chi connectivity index (χ3n) is 3.43. The zero-order chi connectivity index (χ0) is 10.3. The van der Waals surface area contributed by atoms with Crippen molar-refractivity contribution < 1.29 is 4.57 Å². The fourth-order valence-corrected chi connectivity index (χ4v) is 2.05. The normalized spacial score (nSPS) is 20.1. The minimum atomic E-state index is 0.882. The predicted octanol–water partition coefficient (Wildman–Crippen LogP) is 1.18. The molecule has 0 unspecified atom stereocenters. The van der Waals surface area contributed by atoms with E-state index in [1.807, 2.05) is 0 Å². The molecule has 0 atom stereocenters. The van der Waals surface area contributed by atoms with Gasteiger partial charge in [-0.2, -0.15) is 0 Å². The van der Waals surface area contributed by atoms with Crippen LogP contribution in [-0.4, -0.2) is 13.1 Å². The van der Waals surface area contributed by atoms with Crippen molar-refractivity contribution in [2.24, 2.45) is 5.92 Å². The number of nitrogens with zero attached hydrogens (tertiary/aromatic N) is 2. The molecule has 0 radical (unpaired) electrons. The van der Waals surface area contributed by atoms with Crippen LogP contribution in [0.15, 0.2) is 18.3 Å². The lowest BCUT2D eigenvalue weighted by Crippen LogP contribution is -2.40. The Balaban J connectivity index is 1.78. The van der Waals surface area contributed by atoms with E-state index in [1.54, 1.807) is 0 Å². The molecule has 2 fully saturated rings. The molecule has 3 rings (SSSR count). The predicted molar refractivity (Wildman–Crippen MR) is 60.6 cm³/mol. The van der Waals surface area contributed by atoms with Crippen LogP contribution in [0.1, 0.15) is 19.3 Å². The molecule has 2 N–H and O–H groups in total. The van der Waals surface area contributed by atoms with E-state index in [-0.39, 0.29) is 0 Å². The highest BCUT2D eigenvalue weighted by atomic mass is 15.2. The van der Waals surface area contributed by atoms with Gasteiger partial charge in [0.2, 0.25) is 0 Å². The van der Waals surface area contributed by atoms with Gasteiger partial charge in [0.25, 0.3) is 5.82 Å². The summed E-state index contributed by atoms with van der Waals surface area (Å²) in [5.74, 6) is 1.79. The molecule has 0 spiro atoms. The molecule has 15 heavy (non-hydrogen) atoms. The van der Waals surface area contributed by atoms with Crippen LogP contribution in [0.4, 0.5) is 11.5 Å². The summed E-state index contributed by atoms with van der Waals surface area (Å²) < 4.78 is 2.18. The summed E-state index contributed by atoms with van der Waals surface area (Å²) in [6.45, 7) is 3.48. The molecule has 1 saturated heterocycles. The molecule has 80 valence electrons. The summed E-state index contributed by atoms with van der Waals surface area (Å²) in [4.78, 5) is 2.37. The van der Waals surface area contributed by atoms with Gasteiger partial charge in [-0.3, -0.25) is 5.73 Å². The Hall–Kier alpha value is -1.25. The second-order valence-corrected chi connectivity index (χ2v) is 4.75. The first-order chi connectivity index (χ1) is 7.33. The molecule has 1 aromatic rings. The Kier molecular flexibility index (Phi) is 2.04. The topological polar surface area (TPSA) is 33.1 Å². The van der Waals surface area contributed by atoms with E-state index in [2.05, 4.69) is 27.8 Å². The second kappa shape index (κ2) is 3.40. The molecule has 3 nitrogen and oxygen atoms in total. The van der Waals surface area contributed by atoms with E-state index in [0.717, 1.165) is 18.3 Å². The maximum absolute atomic E-state index is 6.05. The third kappa shape index (κ3) is 1.78. The highest BCUT2D eigenvalue weighted by molar-refractivity contribution is 5.51. The monoisotopic (exact) mass is 204 g/mol. The Labute approximate surface area is 90.5 Å². The Morgan fingerprint density at radius 3 is 2.73 bits per heavy atom. The Morgan fingerprint density at radius 2 is 2.20 bits per heavy atom. The summed E-state index contributed by atoms with van der Waals surface area (Å²) in [5, 5.41) is 0. The van der Waals surface area contributed by atoms with Crippen molar-refractivity contribution in [1.29, 1.82) is 0 Å². The minimum Gasteiger partial charge on any atom is -0.371 e. The van der Waals surface area contributed by atoms with Crippen molar-refractivity contribution in [3.8, 4) is 0 Å². The Morgan fingerprint density at radius 1 is 1.40 bits per heavy atom. The number of rotatable bonds is 3. The first-order valence-electron chi connectivity index (χ1n) is 5.87. The van der Waals surface area contributed by atoms with Crippen LogP contribution < -0.4 is 15.2 Å². The molecule has 0 aromatic carbocycles. The SMILES string of the molecule is Nc1cc(N2CCC2)cc[n+]1CC1CC1. The van der Waals surface area contributed by atoms with E-state index in [9.17, 15) is 0 Å². The molecule has 1 saturated carbocycles. The summed E-state index contributed by atoms with van der Waals surface area (Å²) in [6.07, 6.45) is 6.21. The van der Waals surface area contributed by atoms with Crippen LogP contribution in [0.5, 0.6) is 0 Å². The lowest BCUT2D eigenvalue weighted by Gasteiger charge is -2.32. The summed E-state index contributed by atoms with van der Waals surface area (Å²) in [6, 6.07) is 4.30. The van der Waals surface area contributed by atoms with E-state index in [4.69, 9.17) is 5.73 Å². The van der Waals surface area contributed by atoms with Crippen molar-refractivity contribution in [3.05, 3.63) is 18.3 Å². The summed E-state index contributed by atoms with van der Waals surface area (Å²) in [7, 11) is 0. The van der Waals surface area contributed by atoms with Crippen molar-refractivity contribution in [3.63, 3.8) is 0 Å². The first kappa shape index (κ1) is 9.01. The largest absolute Gasteiger partial charge is 0.371 e. The van der Waals surface area contributed by atoms with Gasteiger partial charge in [0, 0.05) is 24.8 Å². The molecule has 1 aromatic heterocycles. The zero-order valence-electron chi connectivity index (χ0n) is 9.02. The zero-order valence-corrected chi connectivity index (χ0v) is 9.02. The molecule has 1 aliphatic carbocycles. The Bertz CT molecular complexity index is 367. The molecule has 1 aliphatic heterocycles. The molecule has 0 bridgehead atoms. The summed E-state index contributed by atoms with van der Waals surface area (Å²) >= 11 is 0. The van der Waals surface area contributed by atoms with Crippen molar-refractivity contribution >= 4 is 11.5 Å². The van der Waals surface area contributed by atoms with Gasteiger partial charge >= 0.3 is 0 Å². The fourth-order valence-electron chi connectivity index (χ4n) is 2.05. The molecule has 2 aliphatic rings. The lowest BCUT2D eigenvalue weighted by atomic mass is 10.2. The number of pyridine rings is 1. The third-order valence-corrected chi connectivity index (χ3v) is 3.43. The van der Waals surface area contributed by atoms with Crippen molar-refractivity contribution in [2.75, 3.05) is 23.7 Å². The quantitative estimate of drug-likeness (QED) is 0.750. The van der Waals surface area contributed by atoms with Crippen LogP contribution in [0.3, 0.4) is 0 Å². The van der Waals surface area contributed by atoms with E-state index >= 15 is 0 Å². The summed E-state index contributed by atoms with van der Waals surface area (Å²) in [5.41, 5.74) is 7.33. The molecule has 0 amide bonds. The maximum Gasteiger partial charge on any atom is 0.274 e. The first-order valence-corrected chi connectivity index (χ1v) is 5.87. The number of nitrogens with two attached hydrogens (primary N) is 1. The average molecular weight is 204 g/mol. The highest BCUT2D eigenvalue weighted by Crippen LogP contribution is 2.29. The van der Waals surface area contributed by atoms with Gasteiger partial charge in [-0.15, -0.1) is 0 Å². The van der Waals surface area contributed by atoms with Gasteiger partial charge < -0.3 is 4.90 Å². The van der Waals surface area contributed by atoms with Crippen molar-refractivity contribution in [1.82, 2.24) is 0 Å². The van der Waals surface area contributed by atoms with Crippen LogP contribution in [0, 0.1) is 5.92 Å². The van der Waals surface area contributed by atoms with Gasteiger partial charge in [0.1, 0.15) is 0 Å². The number of anilines is 2. The van der Waals surface area contributed by atoms with Crippen LogP contribution in [0.25, 0.3) is 0 Å². The number of aromatic nitrogens is 1.